The minimum absolute atomic E-state index is 0.128. The molecule has 1 unspecified atom stereocenters. The molecule has 1 atom stereocenters. The van der Waals surface area contributed by atoms with Crippen LogP contribution in [0.3, 0.4) is 0 Å². The van der Waals surface area contributed by atoms with Crippen LogP contribution in [0.15, 0.2) is 144 Å². The van der Waals surface area contributed by atoms with Crippen molar-refractivity contribution in [2.45, 2.75) is 6.04 Å². The highest BCUT2D eigenvalue weighted by Crippen LogP contribution is 2.42. The fraction of sp³-hybridized carbons (Fsp3) is 0.0278. The monoisotopic (exact) mass is 531 g/mol. The summed E-state index contributed by atoms with van der Waals surface area (Å²) >= 11 is 1.76. The van der Waals surface area contributed by atoms with E-state index in [-0.39, 0.29) is 6.04 Å². The summed E-state index contributed by atoms with van der Waals surface area (Å²) in [6, 6.07) is 47.4. The Balaban J connectivity index is 1.36. The van der Waals surface area contributed by atoms with Gasteiger partial charge in [-0.25, -0.2) is 4.99 Å². The predicted molar refractivity (Wildman–Crippen MR) is 169 cm³/mol. The Labute approximate surface area is 236 Å². The van der Waals surface area contributed by atoms with Gasteiger partial charge in [-0.1, -0.05) is 97.1 Å². The lowest BCUT2D eigenvalue weighted by atomic mass is 9.92. The predicted octanol–water partition coefficient (Wildman–Crippen LogP) is 9.61. The van der Waals surface area contributed by atoms with E-state index in [1.165, 1.54) is 43.5 Å². The molecule has 1 aliphatic heterocycles. The Morgan fingerprint density at radius 1 is 0.575 bits per heavy atom. The van der Waals surface area contributed by atoms with Gasteiger partial charge < -0.3 is 5.32 Å². The highest BCUT2D eigenvalue weighted by Gasteiger charge is 2.27. The normalized spacial score (nSPS) is 14.6. The second-order valence-corrected chi connectivity index (χ2v) is 11.1. The number of thiophene rings is 1. The average molecular weight is 532 g/mol. The number of hydrogen-bond donors (Lipinski definition) is 1. The minimum Gasteiger partial charge on any atom is -0.324 e. The number of benzene rings is 5. The first-order valence-electron chi connectivity index (χ1n) is 13.5. The molecule has 0 saturated heterocycles. The van der Waals surface area contributed by atoms with Crippen molar-refractivity contribution in [3.63, 3.8) is 0 Å². The molecule has 0 saturated carbocycles. The van der Waals surface area contributed by atoms with Gasteiger partial charge in [-0.2, -0.15) is 0 Å². The number of aromatic nitrogens is 1. The molecule has 190 valence electrons. The van der Waals surface area contributed by atoms with Crippen LogP contribution in [0, 0.1) is 0 Å². The third-order valence-corrected chi connectivity index (χ3v) is 8.69. The molecule has 0 amide bonds. The molecule has 1 aliphatic rings. The highest BCUT2D eigenvalue weighted by molar-refractivity contribution is 7.10. The van der Waals surface area contributed by atoms with Crippen LogP contribution in [-0.2, 0) is 0 Å². The Morgan fingerprint density at radius 3 is 1.73 bits per heavy atom. The zero-order valence-corrected chi connectivity index (χ0v) is 22.5. The molecule has 0 radical (unpaired) electrons. The molecule has 0 fully saturated rings. The topological polar surface area (TPSA) is 29.3 Å². The first kappa shape index (κ1) is 23.0. The lowest BCUT2D eigenvalue weighted by Gasteiger charge is -2.25. The van der Waals surface area contributed by atoms with Gasteiger partial charge in [0.2, 0.25) is 5.96 Å². The number of para-hydroxylation sites is 2. The van der Waals surface area contributed by atoms with Crippen LogP contribution in [0.1, 0.15) is 16.5 Å². The standard InChI is InChI=1S/C36H25N3S/c1-3-11-24(12-4-1)26-21-27(25-13-5-2-6-14-25)23-28(22-26)34-35-31(19-20-40-35)37-36(38-34)39-32-17-9-7-15-29(32)30-16-8-10-18-33(30)39/h1-23,34H,(H,37,38). The van der Waals surface area contributed by atoms with E-state index in [0.717, 1.165) is 22.7 Å². The molecule has 0 spiro atoms. The van der Waals surface area contributed by atoms with Crippen molar-refractivity contribution in [1.29, 1.82) is 0 Å². The smallest absolute Gasteiger partial charge is 0.208 e. The fourth-order valence-electron chi connectivity index (χ4n) is 5.86. The highest BCUT2D eigenvalue weighted by atomic mass is 32.1. The maximum Gasteiger partial charge on any atom is 0.208 e. The molecule has 4 heteroatoms. The van der Waals surface area contributed by atoms with E-state index in [9.17, 15) is 0 Å². The number of hydrogen-bond acceptors (Lipinski definition) is 3. The lowest BCUT2D eigenvalue weighted by molar-refractivity contribution is 0.872. The maximum absolute atomic E-state index is 5.46. The largest absolute Gasteiger partial charge is 0.324 e. The third kappa shape index (κ3) is 3.76. The van der Waals surface area contributed by atoms with Crippen LogP contribution in [0.4, 0.5) is 5.69 Å². The van der Waals surface area contributed by atoms with Crippen LogP contribution in [0.2, 0.25) is 0 Å². The summed E-state index contributed by atoms with van der Waals surface area (Å²) in [5, 5.41) is 8.30. The van der Waals surface area contributed by atoms with Crippen molar-refractivity contribution in [3.05, 3.63) is 149 Å². The van der Waals surface area contributed by atoms with Crippen LogP contribution >= 0.6 is 11.3 Å². The van der Waals surface area contributed by atoms with Crippen molar-refractivity contribution < 1.29 is 0 Å². The molecule has 1 N–H and O–H groups in total. The van der Waals surface area contributed by atoms with E-state index in [1.54, 1.807) is 11.3 Å². The second-order valence-electron chi connectivity index (χ2n) is 10.1. The molecule has 2 aromatic heterocycles. The SMILES string of the molecule is c1ccc(-c2cc(-c3ccccc3)cc(C3N=C(n4c5ccccc5c5ccccc54)Nc4ccsc43)c2)cc1. The first-order valence-corrected chi connectivity index (χ1v) is 14.4. The molecule has 5 aromatic carbocycles. The first-order chi connectivity index (χ1) is 19.8. The Bertz CT molecular complexity index is 1920. The zero-order valence-electron chi connectivity index (χ0n) is 21.7. The molecule has 3 heterocycles. The van der Waals surface area contributed by atoms with Crippen LogP contribution in [0.5, 0.6) is 0 Å². The quantitative estimate of drug-likeness (QED) is 0.242. The molecule has 8 rings (SSSR count). The number of fused-ring (bicyclic) bond motifs is 4. The van der Waals surface area contributed by atoms with Crippen molar-refractivity contribution in [3.8, 4) is 22.3 Å². The van der Waals surface area contributed by atoms with Gasteiger partial charge in [-0.15, -0.1) is 11.3 Å². The number of rotatable bonds is 3. The number of aliphatic imine (C=N–C) groups is 1. The summed E-state index contributed by atoms with van der Waals surface area (Å²) in [5.41, 5.74) is 9.40. The Hall–Kier alpha value is -4.93. The van der Waals surface area contributed by atoms with Crippen LogP contribution in [0.25, 0.3) is 44.1 Å². The van der Waals surface area contributed by atoms with Crippen molar-refractivity contribution >= 4 is 44.8 Å². The Kier molecular flexibility index (Phi) is 5.39. The average Bonchev–Trinajstić information content (AvgIpc) is 3.64. The lowest BCUT2D eigenvalue weighted by Crippen LogP contribution is -2.26. The fourth-order valence-corrected chi connectivity index (χ4v) is 6.78. The van der Waals surface area contributed by atoms with E-state index < -0.39 is 0 Å². The van der Waals surface area contributed by atoms with E-state index in [0.29, 0.717) is 0 Å². The van der Waals surface area contributed by atoms with Crippen molar-refractivity contribution in [2.75, 3.05) is 5.32 Å². The summed E-state index contributed by atoms with van der Waals surface area (Å²) in [6.45, 7) is 0. The van der Waals surface area contributed by atoms with Gasteiger partial charge in [0.25, 0.3) is 0 Å². The summed E-state index contributed by atoms with van der Waals surface area (Å²) in [7, 11) is 0. The van der Waals surface area contributed by atoms with Gasteiger partial charge in [0.1, 0.15) is 6.04 Å². The van der Waals surface area contributed by atoms with Gasteiger partial charge in [0.05, 0.1) is 21.6 Å². The molecule has 0 bridgehead atoms. The van der Waals surface area contributed by atoms with Crippen LogP contribution in [-0.4, -0.2) is 10.5 Å². The summed E-state index contributed by atoms with van der Waals surface area (Å²) in [5.74, 6) is 0.847. The molecule has 3 nitrogen and oxygen atoms in total. The van der Waals surface area contributed by atoms with Gasteiger partial charge in [0, 0.05) is 10.8 Å². The van der Waals surface area contributed by atoms with Gasteiger partial charge in [-0.3, -0.25) is 4.57 Å². The molecule has 7 aromatic rings. The zero-order chi connectivity index (χ0) is 26.5. The van der Waals surface area contributed by atoms with E-state index >= 15 is 0 Å². The molecular formula is C36H25N3S. The third-order valence-electron chi connectivity index (χ3n) is 7.72. The number of nitrogens with one attached hydrogen (secondary N) is 1. The van der Waals surface area contributed by atoms with Gasteiger partial charge in [-0.05, 0) is 69.6 Å². The second kappa shape index (κ2) is 9.37. The Morgan fingerprint density at radius 2 is 1.12 bits per heavy atom. The minimum atomic E-state index is -0.128. The van der Waals surface area contributed by atoms with Gasteiger partial charge >= 0.3 is 0 Å². The van der Waals surface area contributed by atoms with E-state index in [2.05, 4.69) is 149 Å². The summed E-state index contributed by atoms with van der Waals surface area (Å²) < 4.78 is 2.28. The van der Waals surface area contributed by atoms with E-state index in [1.807, 2.05) is 0 Å². The maximum atomic E-state index is 5.46. The molecular weight excluding hydrogens is 506 g/mol. The molecule has 0 aliphatic carbocycles. The summed E-state index contributed by atoms with van der Waals surface area (Å²) in [4.78, 5) is 6.69. The summed E-state index contributed by atoms with van der Waals surface area (Å²) in [6.07, 6.45) is 0. The van der Waals surface area contributed by atoms with Gasteiger partial charge in [0.15, 0.2) is 0 Å². The number of anilines is 1. The van der Waals surface area contributed by atoms with Crippen molar-refractivity contribution in [1.82, 2.24) is 4.57 Å². The van der Waals surface area contributed by atoms with Crippen molar-refractivity contribution in [2.24, 2.45) is 4.99 Å². The van der Waals surface area contributed by atoms with E-state index in [4.69, 9.17) is 4.99 Å². The van der Waals surface area contributed by atoms with Crippen LogP contribution < -0.4 is 5.32 Å². The number of nitrogens with zero attached hydrogens (tertiary/aromatic N) is 2. The molecule has 40 heavy (non-hydrogen) atoms.